The van der Waals surface area contributed by atoms with Crippen molar-refractivity contribution in [2.75, 3.05) is 6.61 Å². The number of carbonyl (C=O) groups is 1. The second kappa shape index (κ2) is 6.14. The van der Waals surface area contributed by atoms with Gasteiger partial charge in [0.05, 0.1) is 0 Å². The molecule has 0 aromatic heterocycles. The summed E-state index contributed by atoms with van der Waals surface area (Å²) in [5.41, 5.74) is 1.51. The lowest BCUT2D eigenvalue weighted by Gasteiger charge is -2.06. The van der Waals surface area contributed by atoms with Gasteiger partial charge < -0.3 is 4.74 Å². The molecule has 0 aliphatic heterocycles. The van der Waals surface area contributed by atoms with E-state index in [4.69, 9.17) is 4.74 Å². The highest BCUT2D eigenvalue weighted by molar-refractivity contribution is 5.82. The fraction of sp³-hybridized carbons (Fsp3) is 0.188. The Balaban J connectivity index is 1.88. The monoisotopic (exact) mass is 258 g/mol. The van der Waals surface area contributed by atoms with Gasteiger partial charge in [0.25, 0.3) is 0 Å². The van der Waals surface area contributed by atoms with Crippen LogP contribution < -0.4 is 4.74 Å². The predicted molar refractivity (Wildman–Crippen MR) is 71.8 cm³/mol. The van der Waals surface area contributed by atoms with Crippen molar-refractivity contribution in [3.63, 3.8) is 0 Å². The Hall–Kier alpha value is -2.16. The highest BCUT2D eigenvalue weighted by atomic mass is 19.1. The Kier molecular flexibility index (Phi) is 4.29. The number of ketones is 1. The minimum Gasteiger partial charge on any atom is -0.486 e. The van der Waals surface area contributed by atoms with Crippen molar-refractivity contribution in [2.24, 2.45) is 0 Å². The van der Waals surface area contributed by atoms with Crippen LogP contribution in [0.3, 0.4) is 0 Å². The molecule has 2 aromatic carbocycles. The second-order valence-electron chi connectivity index (χ2n) is 4.40. The molecule has 0 bridgehead atoms. The topological polar surface area (TPSA) is 26.3 Å². The Morgan fingerprint density at radius 2 is 1.89 bits per heavy atom. The van der Waals surface area contributed by atoms with Gasteiger partial charge >= 0.3 is 0 Å². The second-order valence-corrected chi connectivity index (χ2v) is 4.40. The quantitative estimate of drug-likeness (QED) is 0.822. The van der Waals surface area contributed by atoms with Crippen LogP contribution in [0.2, 0.25) is 0 Å². The van der Waals surface area contributed by atoms with Gasteiger partial charge in [-0.2, -0.15) is 0 Å². The number of carbonyl (C=O) groups excluding carboxylic acids is 1. The molecule has 98 valence electrons. The van der Waals surface area contributed by atoms with E-state index in [2.05, 4.69) is 0 Å². The highest BCUT2D eigenvalue weighted by Crippen LogP contribution is 2.15. The molecule has 0 radical (unpaired) electrons. The minimum atomic E-state index is -0.326. The zero-order valence-corrected chi connectivity index (χ0v) is 10.7. The molecule has 2 aromatic rings. The van der Waals surface area contributed by atoms with Gasteiger partial charge in [0, 0.05) is 12.5 Å². The number of hydrogen-bond donors (Lipinski definition) is 0. The van der Waals surface area contributed by atoms with Gasteiger partial charge in [-0.1, -0.05) is 36.4 Å². The normalized spacial score (nSPS) is 10.2. The van der Waals surface area contributed by atoms with Crippen molar-refractivity contribution in [1.82, 2.24) is 0 Å². The standard InChI is InChI=1S/C16H15FO2/c1-12-7-8-15(10-16(12)17)19-11-14(18)9-13-5-3-2-4-6-13/h2-8,10H,9,11H2,1H3. The van der Waals surface area contributed by atoms with Crippen LogP contribution >= 0.6 is 0 Å². The summed E-state index contributed by atoms with van der Waals surface area (Å²) in [6.07, 6.45) is 0.329. The molecule has 3 heteroatoms. The third-order valence-electron chi connectivity index (χ3n) is 2.79. The van der Waals surface area contributed by atoms with Gasteiger partial charge in [-0.3, -0.25) is 4.79 Å². The lowest BCUT2D eigenvalue weighted by atomic mass is 10.1. The summed E-state index contributed by atoms with van der Waals surface area (Å²) in [5.74, 6) is 0.0182. The number of hydrogen-bond acceptors (Lipinski definition) is 2. The van der Waals surface area contributed by atoms with Crippen LogP contribution in [0.15, 0.2) is 48.5 Å². The van der Waals surface area contributed by atoms with E-state index >= 15 is 0 Å². The number of aryl methyl sites for hydroxylation is 1. The van der Waals surface area contributed by atoms with Crippen LogP contribution in [0.25, 0.3) is 0 Å². The van der Waals surface area contributed by atoms with Gasteiger partial charge in [-0.05, 0) is 24.1 Å². The Labute approximate surface area is 111 Å². The molecule has 0 saturated carbocycles. The van der Waals surface area contributed by atoms with E-state index in [1.165, 1.54) is 6.07 Å². The summed E-state index contributed by atoms with van der Waals surface area (Å²) in [5, 5.41) is 0. The number of Topliss-reactive ketones (excluding diaryl/α,β-unsaturated/α-hetero) is 1. The molecule has 2 nitrogen and oxygen atoms in total. The molecule has 19 heavy (non-hydrogen) atoms. The molecule has 2 rings (SSSR count). The van der Waals surface area contributed by atoms with Crippen LogP contribution in [-0.4, -0.2) is 12.4 Å². The van der Waals surface area contributed by atoms with Crippen molar-refractivity contribution in [3.05, 3.63) is 65.5 Å². The summed E-state index contributed by atoms with van der Waals surface area (Å²) < 4.78 is 18.6. The maximum atomic E-state index is 13.3. The highest BCUT2D eigenvalue weighted by Gasteiger charge is 2.06. The molecule has 0 aliphatic carbocycles. The number of halogens is 1. The summed E-state index contributed by atoms with van der Waals surface area (Å²) in [4.78, 5) is 11.7. The minimum absolute atomic E-state index is 0.0350. The van der Waals surface area contributed by atoms with Crippen molar-refractivity contribution >= 4 is 5.78 Å². The Bertz CT molecular complexity index is 564. The predicted octanol–water partition coefficient (Wildman–Crippen LogP) is 3.32. The molecule has 0 N–H and O–H groups in total. The number of ether oxygens (including phenoxy) is 1. The molecule has 0 amide bonds. The first-order chi connectivity index (χ1) is 9.15. The molecular weight excluding hydrogens is 243 g/mol. The lowest BCUT2D eigenvalue weighted by Crippen LogP contribution is -2.13. The SMILES string of the molecule is Cc1ccc(OCC(=O)Cc2ccccc2)cc1F. The van der Waals surface area contributed by atoms with Crippen LogP contribution in [0.1, 0.15) is 11.1 Å². The summed E-state index contributed by atoms with van der Waals surface area (Å²) in [6, 6.07) is 14.1. The lowest BCUT2D eigenvalue weighted by molar-refractivity contribution is -0.120. The smallest absolute Gasteiger partial charge is 0.174 e. The van der Waals surface area contributed by atoms with E-state index < -0.39 is 0 Å². The van der Waals surface area contributed by atoms with E-state index in [0.717, 1.165) is 5.56 Å². The molecule has 0 spiro atoms. The van der Waals surface area contributed by atoms with E-state index in [0.29, 0.717) is 17.7 Å². The van der Waals surface area contributed by atoms with E-state index in [-0.39, 0.29) is 18.2 Å². The van der Waals surface area contributed by atoms with Gasteiger partial charge in [-0.25, -0.2) is 4.39 Å². The number of rotatable bonds is 5. The van der Waals surface area contributed by atoms with Crippen molar-refractivity contribution in [1.29, 1.82) is 0 Å². The maximum absolute atomic E-state index is 13.3. The van der Waals surface area contributed by atoms with Gasteiger partial charge in [0.2, 0.25) is 0 Å². The number of benzene rings is 2. The average molecular weight is 258 g/mol. The summed E-state index contributed by atoms with van der Waals surface area (Å²) in [6.45, 7) is 1.64. The Morgan fingerprint density at radius 3 is 2.58 bits per heavy atom. The molecular formula is C16H15FO2. The van der Waals surface area contributed by atoms with E-state index in [9.17, 15) is 9.18 Å². The third-order valence-corrected chi connectivity index (χ3v) is 2.79. The Morgan fingerprint density at radius 1 is 1.16 bits per heavy atom. The first-order valence-corrected chi connectivity index (χ1v) is 6.10. The van der Waals surface area contributed by atoms with Crippen LogP contribution in [0.4, 0.5) is 4.39 Å². The van der Waals surface area contributed by atoms with Crippen molar-refractivity contribution in [2.45, 2.75) is 13.3 Å². The largest absolute Gasteiger partial charge is 0.486 e. The van der Waals surface area contributed by atoms with Crippen LogP contribution in [0.5, 0.6) is 5.75 Å². The van der Waals surface area contributed by atoms with Gasteiger partial charge in [-0.15, -0.1) is 0 Å². The maximum Gasteiger partial charge on any atom is 0.174 e. The molecule has 0 saturated heterocycles. The first kappa shape index (κ1) is 13.3. The fourth-order valence-corrected chi connectivity index (χ4v) is 1.70. The molecule has 0 fully saturated rings. The third kappa shape index (κ3) is 3.91. The first-order valence-electron chi connectivity index (χ1n) is 6.10. The van der Waals surface area contributed by atoms with Gasteiger partial charge in [0.1, 0.15) is 18.2 Å². The zero-order chi connectivity index (χ0) is 13.7. The van der Waals surface area contributed by atoms with E-state index in [1.54, 1.807) is 19.1 Å². The average Bonchev–Trinajstić information content (AvgIpc) is 2.41. The van der Waals surface area contributed by atoms with Crippen LogP contribution in [0, 0.1) is 12.7 Å². The fourth-order valence-electron chi connectivity index (χ4n) is 1.70. The van der Waals surface area contributed by atoms with Gasteiger partial charge in [0.15, 0.2) is 5.78 Å². The van der Waals surface area contributed by atoms with E-state index in [1.807, 2.05) is 30.3 Å². The van der Waals surface area contributed by atoms with Crippen molar-refractivity contribution < 1.29 is 13.9 Å². The molecule has 0 atom stereocenters. The zero-order valence-electron chi connectivity index (χ0n) is 10.7. The molecule has 0 aliphatic rings. The molecule has 0 heterocycles. The molecule has 0 unspecified atom stereocenters. The van der Waals surface area contributed by atoms with Crippen LogP contribution in [-0.2, 0) is 11.2 Å². The summed E-state index contributed by atoms with van der Waals surface area (Å²) >= 11 is 0. The van der Waals surface area contributed by atoms with Crippen molar-refractivity contribution in [3.8, 4) is 5.75 Å². The summed E-state index contributed by atoms with van der Waals surface area (Å²) in [7, 11) is 0.